The Labute approximate surface area is 87.7 Å². The van der Waals surface area contributed by atoms with Crippen LogP contribution in [0.1, 0.15) is 5.56 Å². The monoisotopic (exact) mass is 203 g/mol. The predicted molar refractivity (Wildman–Crippen MR) is 59.6 cm³/mol. The fourth-order valence-corrected chi connectivity index (χ4v) is 1.48. The summed E-state index contributed by atoms with van der Waals surface area (Å²) in [5.41, 5.74) is 2.20. The maximum atomic E-state index is 11.0. The molecule has 2 aromatic rings. The van der Waals surface area contributed by atoms with Gasteiger partial charge in [0, 0.05) is 25.3 Å². The number of amides is 2. The van der Waals surface area contributed by atoms with E-state index in [1.807, 2.05) is 24.4 Å². The number of carbonyl (C=O) groups is 1. The number of fused-ring (bicyclic) bond motifs is 1. The Hall–Kier alpha value is -1.97. The number of hydrogen-bond donors (Lipinski definition) is 3. The van der Waals surface area contributed by atoms with Crippen LogP contribution in [0.15, 0.2) is 30.5 Å². The summed E-state index contributed by atoms with van der Waals surface area (Å²) in [4.78, 5) is 14.1. The van der Waals surface area contributed by atoms with Gasteiger partial charge in [0.15, 0.2) is 0 Å². The smallest absolute Gasteiger partial charge is 0.314 e. The quantitative estimate of drug-likeness (QED) is 0.682. The molecule has 0 aliphatic carbocycles. The van der Waals surface area contributed by atoms with Crippen LogP contribution in [0.4, 0.5) is 4.79 Å². The third-order valence-electron chi connectivity index (χ3n) is 2.30. The second kappa shape index (κ2) is 4.04. The molecule has 0 aliphatic rings. The van der Waals surface area contributed by atoms with E-state index in [1.165, 1.54) is 0 Å². The second-order valence-corrected chi connectivity index (χ2v) is 3.33. The summed E-state index contributed by atoms with van der Waals surface area (Å²) in [6, 6.07) is 7.91. The van der Waals surface area contributed by atoms with Crippen molar-refractivity contribution >= 4 is 16.9 Å². The van der Waals surface area contributed by atoms with E-state index in [4.69, 9.17) is 0 Å². The van der Waals surface area contributed by atoms with E-state index < -0.39 is 0 Å². The molecule has 0 bridgehead atoms. The van der Waals surface area contributed by atoms with Crippen LogP contribution in [0.5, 0.6) is 0 Å². The molecule has 78 valence electrons. The minimum absolute atomic E-state index is 0.163. The SMILES string of the molecule is CNC(=O)NCc1ccc2[nH]ccc2c1. The van der Waals surface area contributed by atoms with Gasteiger partial charge in [0.25, 0.3) is 0 Å². The van der Waals surface area contributed by atoms with E-state index in [1.54, 1.807) is 7.05 Å². The average molecular weight is 203 g/mol. The molecule has 0 aliphatic heterocycles. The van der Waals surface area contributed by atoms with Crippen LogP contribution in [-0.2, 0) is 6.54 Å². The molecule has 1 aromatic heterocycles. The number of benzene rings is 1. The van der Waals surface area contributed by atoms with Crippen molar-refractivity contribution in [3.8, 4) is 0 Å². The lowest BCUT2D eigenvalue weighted by Crippen LogP contribution is -2.32. The van der Waals surface area contributed by atoms with Crippen molar-refractivity contribution in [1.29, 1.82) is 0 Å². The molecule has 1 heterocycles. The van der Waals surface area contributed by atoms with E-state index in [9.17, 15) is 4.79 Å². The molecule has 4 heteroatoms. The molecule has 2 rings (SSSR count). The summed E-state index contributed by atoms with van der Waals surface area (Å²) >= 11 is 0. The lowest BCUT2D eigenvalue weighted by atomic mass is 10.1. The highest BCUT2D eigenvalue weighted by molar-refractivity contribution is 5.80. The highest BCUT2D eigenvalue weighted by Gasteiger charge is 1.99. The Kier molecular flexibility index (Phi) is 2.58. The largest absolute Gasteiger partial charge is 0.361 e. The van der Waals surface area contributed by atoms with Gasteiger partial charge in [-0.3, -0.25) is 0 Å². The maximum Gasteiger partial charge on any atom is 0.314 e. The van der Waals surface area contributed by atoms with Gasteiger partial charge in [-0.25, -0.2) is 4.79 Å². The van der Waals surface area contributed by atoms with Crippen molar-refractivity contribution in [2.24, 2.45) is 0 Å². The maximum absolute atomic E-state index is 11.0. The van der Waals surface area contributed by atoms with Gasteiger partial charge in [0.05, 0.1) is 0 Å². The number of rotatable bonds is 2. The van der Waals surface area contributed by atoms with Crippen molar-refractivity contribution in [3.63, 3.8) is 0 Å². The Morgan fingerprint density at radius 3 is 3.07 bits per heavy atom. The van der Waals surface area contributed by atoms with Gasteiger partial charge in [-0.15, -0.1) is 0 Å². The first kappa shape index (κ1) is 9.58. The minimum Gasteiger partial charge on any atom is -0.361 e. The molecule has 0 saturated heterocycles. The highest BCUT2D eigenvalue weighted by Crippen LogP contribution is 2.13. The number of H-pyrrole nitrogens is 1. The van der Waals surface area contributed by atoms with Crippen LogP contribution < -0.4 is 10.6 Å². The van der Waals surface area contributed by atoms with E-state index in [0.29, 0.717) is 6.54 Å². The highest BCUT2D eigenvalue weighted by atomic mass is 16.2. The van der Waals surface area contributed by atoms with Crippen molar-refractivity contribution in [2.45, 2.75) is 6.54 Å². The molecule has 0 saturated carbocycles. The molecular weight excluding hydrogens is 190 g/mol. The van der Waals surface area contributed by atoms with Crippen molar-refractivity contribution in [3.05, 3.63) is 36.0 Å². The standard InChI is InChI=1S/C11H13N3O/c1-12-11(15)14-7-8-2-3-10-9(6-8)4-5-13-10/h2-6,13H,7H2,1H3,(H2,12,14,15). The molecule has 0 radical (unpaired) electrons. The first-order valence-electron chi connectivity index (χ1n) is 4.81. The summed E-state index contributed by atoms with van der Waals surface area (Å²) in [7, 11) is 1.60. The molecule has 0 spiro atoms. The van der Waals surface area contributed by atoms with Crippen molar-refractivity contribution in [1.82, 2.24) is 15.6 Å². The van der Waals surface area contributed by atoms with Gasteiger partial charge in [-0.05, 0) is 29.1 Å². The number of nitrogens with one attached hydrogen (secondary N) is 3. The number of hydrogen-bond acceptors (Lipinski definition) is 1. The van der Waals surface area contributed by atoms with Crippen LogP contribution >= 0.6 is 0 Å². The number of carbonyl (C=O) groups excluding carboxylic acids is 1. The first-order chi connectivity index (χ1) is 7.29. The molecular formula is C11H13N3O. The molecule has 1 aromatic carbocycles. The topological polar surface area (TPSA) is 56.9 Å². The van der Waals surface area contributed by atoms with Crippen LogP contribution in [-0.4, -0.2) is 18.1 Å². The lowest BCUT2D eigenvalue weighted by molar-refractivity contribution is 0.242. The Morgan fingerprint density at radius 1 is 1.40 bits per heavy atom. The second-order valence-electron chi connectivity index (χ2n) is 3.33. The summed E-state index contributed by atoms with van der Waals surface area (Å²) in [6.07, 6.45) is 1.90. The van der Waals surface area contributed by atoms with Crippen LogP contribution in [0.3, 0.4) is 0 Å². The number of aromatic amines is 1. The fourth-order valence-electron chi connectivity index (χ4n) is 1.48. The zero-order chi connectivity index (χ0) is 10.7. The van der Waals surface area contributed by atoms with Crippen LogP contribution in [0.2, 0.25) is 0 Å². The van der Waals surface area contributed by atoms with Gasteiger partial charge in [-0.2, -0.15) is 0 Å². The van der Waals surface area contributed by atoms with Gasteiger partial charge < -0.3 is 15.6 Å². The molecule has 15 heavy (non-hydrogen) atoms. The van der Waals surface area contributed by atoms with Gasteiger partial charge in [0.1, 0.15) is 0 Å². The molecule has 3 N–H and O–H groups in total. The summed E-state index contributed by atoms with van der Waals surface area (Å²) in [5, 5.41) is 6.41. The van der Waals surface area contributed by atoms with E-state index in [0.717, 1.165) is 16.5 Å². The van der Waals surface area contributed by atoms with Crippen molar-refractivity contribution in [2.75, 3.05) is 7.05 Å². The van der Waals surface area contributed by atoms with Gasteiger partial charge in [0.2, 0.25) is 0 Å². The Bertz CT molecular complexity index is 475. The molecule has 2 amide bonds. The van der Waals surface area contributed by atoms with E-state index in [2.05, 4.69) is 21.7 Å². The Balaban J connectivity index is 2.11. The van der Waals surface area contributed by atoms with Crippen LogP contribution in [0, 0.1) is 0 Å². The molecule has 0 atom stereocenters. The molecule has 0 unspecified atom stereocenters. The number of aromatic nitrogens is 1. The average Bonchev–Trinajstić information content (AvgIpc) is 2.72. The van der Waals surface area contributed by atoms with Crippen molar-refractivity contribution < 1.29 is 4.79 Å². The summed E-state index contributed by atoms with van der Waals surface area (Å²) in [5.74, 6) is 0. The first-order valence-corrected chi connectivity index (χ1v) is 4.81. The predicted octanol–water partition coefficient (Wildman–Crippen LogP) is 1.60. The van der Waals surface area contributed by atoms with Crippen LogP contribution in [0.25, 0.3) is 10.9 Å². The zero-order valence-corrected chi connectivity index (χ0v) is 8.50. The third kappa shape index (κ3) is 2.10. The van der Waals surface area contributed by atoms with Gasteiger partial charge in [-0.1, -0.05) is 6.07 Å². The summed E-state index contributed by atoms with van der Waals surface area (Å²) in [6.45, 7) is 0.542. The summed E-state index contributed by atoms with van der Waals surface area (Å²) < 4.78 is 0. The van der Waals surface area contributed by atoms with Gasteiger partial charge >= 0.3 is 6.03 Å². The zero-order valence-electron chi connectivity index (χ0n) is 8.50. The molecule has 0 fully saturated rings. The normalized spacial score (nSPS) is 10.2. The Morgan fingerprint density at radius 2 is 2.27 bits per heavy atom. The van der Waals surface area contributed by atoms with E-state index in [-0.39, 0.29) is 6.03 Å². The number of urea groups is 1. The minimum atomic E-state index is -0.163. The molecule has 4 nitrogen and oxygen atoms in total. The van der Waals surface area contributed by atoms with E-state index >= 15 is 0 Å². The fraction of sp³-hybridized carbons (Fsp3) is 0.182. The third-order valence-corrected chi connectivity index (χ3v) is 2.30. The lowest BCUT2D eigenvalue weighted by Gasteiger charge is -2.04.